The molecular weight excluding hydrogens is 298 g/mol. The number of sulfonamides is 1. The van der Waals surface area contributed by atoms with Crippen LogP contribution in [0.2, 0.25) is 0 Å². The van der Waals surface area contributed by atoms with Crippen molar-refractivity contribution in [3.63, 3.8) is 0 Å². The molecule has 1 aliphatic rings. The maximum Gasteiger partial charge on any atom is 0.242 e. The van der Waals surface area contributed by atoms with Crippen molar-refractivity contribution in [2.45, 2.75) is 17.7 Å². The Balaban J connectivity index is 2.12. The molecule has 0 amide bonds. The van der Waals surface area contributed by atoms with Crippen molar-refractivity contribution in [3.05, 3.63) is 24.0 Å². The molecule has 0 radical (unpaired) electrons. The van der Waals surface area contributed by atoms with Crippen LogP contribution in [0, 0.1) is 5.92 Å². The summed E-state index contributed by atoms with van der Waals surface area (Å²) in [6.45, 7) is 1.74. The second-order valence-corrected chi connectivity index (χ2v) is 6.80. The van der Waals surface area contributed by atoms with E-state index in [1.165, 1.54) is 12.3 Å². The van der Waals surface area contributed by atoms with Crippen LogP contribution in [0.15, 0.2) is 23.2 Å². The lowest BCUT2D eigenvalue weighted by molar-refractivity contribution is 0.0678. The van der Waals surface area contributed by atoms with Crippen molar-refractivity contribution in [1.82, 2.24) is 9.71 Å². The van der Waals surface area contributed by atoms with Gasteiger partial charge in [0.2, 0.25) is 10.0 Å². The second kappa shape index (κ2) is 6.57. The van der Waals surface area contributed by atoms with E-state index in [1.807, 2.05) is 0 Å². The third-order valence-corrected chi connectivity index (χ3v) is 4.85. The van der Waals surface area contributed by atoms with Crippen LogP contribution < -0.4 is 10.5 Å². The Bertz CT molecular complexity index is 583. The van der Waals surface area contributed by atoms with Crippen LogP contribution in [-0.4, -0.2) is 38.1 Å². The Labute approximate surface area is 123 Å². The summed E-state index contributed by atoms with van der Waals surface area (Å²) in [6.07, 6.45) is 3.18. The molecule has 1 aliphatic heterocycles. The van der Waals surface area contributed by atoms with Gasteiger partial charge >= 0.3 is 0 Å². The van der Waals surface area contributed by atoms with Gasteiger partial charge in [-0.05, 0) is 30.9 Å². The van der Waals surface area contributed by atoms with Crippen LogP contribution >= 0.6 is 12.2 Å². The van der Waals surface area contributed by atoms with Gasteiger partial charge in [0.1, 0.15) is 15.6 Å². The highest BCUT2D eigenvalue weighted by molar-refractivity contribution is 7.89. The van der Waals surface area contributed by atoms with E-state index in [4.69, 9.17) is 22.7 Å². The Morgan fingerprint density at radius 3 is 2.85 bits per heavy atom. The minimum atomic E-state index is -3.66. The highest BCUT2D eigenvalue weighted by atomic mass is 32.2. The van der Waals surface area contributed by atoms with E-state index in [0.717, 1.165) is 12.8 Å². The molecule has 1 aromatic rings. The molecule has 0 bridgehead atoms. The Morgan fingerprint density at radius 1 is 1.50 bits per heavy atom. The number of rotatable bonds is 5. The molecule has 8 heteroatoms. The van der Waals surface area contributed by atoms with Crippen LogP contribution in [0.3, 0.4) is 0 Å². The molecular formula is C12H17N3O3S2. The molecule has 3 N–H and O–H groups in total. The Kier molecular flexibility index (Phi) is 5.03. The van der Waals surface area contributed by atoms with Crippen molar-refractivity contribution in [2.24, 2.45) is 11.7 Å². The Hall–Kier alpha value is -1.09. The molecule has 0 unspecified atom stereocenters. The largest absolute Gasteiger partial charge is 0.388 e. The summed E-state index contributed by atoms with van der Waals surface area (Å²) >= 11 is 4.83. The van der Waals surface area contributed by atoms with Crippen molar-refractivity contribution in [3.8, 4) is 0 Å². The zero-order chi connectivity index (χ0) is 14.6. The van der Waals surface area contributed by atoms with Crippen molar-refractivity contribution < 1.29 is 13.2 Å². The molecule has 0 spiro atoms. The van der Waals surface area contributed by atoms with Crippen LogP contribution in [0.5, 0.6) is 0 Å². The monoisotopic (exact) mass is 315 g/mol. The van der Waals surface area contributed by atoms with Gasteiger partial charge in [0, 0.05) is 26.0 Å². The summed E-state index contributed by atoms with van der Waals surface area (Å²) in [5, 5.41) is 0. The molecule has 0 saturated carbocycles. The van der Waals surface area contributed by atoms with E-state index in [-0.39, 0.29) is 15.6 Å². The van der Waals surface area contributed by atoms with Gasteiger partial charge in [0.15, 0.2) is 0 Å². The van der Waals surface area contributed by atoms with Gasteiger partial charge in [-0.3, -0.25) is 4.98 Å². The summed E-state index contributed by atoms with van der Waals surface area (Å²) in [6, 6.07) is 3.00. The lowest BCUT2D eigenvalue weighted by atomic mass is 10.0. The third-order valence-electron chi connectivity index (χ3n) is 3.20. The van der Waals surface area contributed by atoms with Gasteiger partial charge < -0.3 is 10.5 Å². The van der Waals surface area contributed by atoms with Gasteiger partial charge in [-0.2, -0.15) is 0 Å². The standard InChI is InChI=1S/C12H17N3O3S2/c13-12(19)11-10(2-1-5-14-11)20(16,17)15-8-9-3-6-18-7-4-9/h1-2,5,9,15H,3-4,6-8H2,(H2,13,19). The number of nitrogens with zero attached hydrogens (tertiary/aromatic N) is 1. The summed E-state index contributed by atoms with van der Waals surface area (Å²) in [4.78, 5) is 3.93. The lowest BCUT2D eigenvalue weighted by Crippen LogP contribution is -2.33. The minimum absolute atomic E-state index is 0.0274. The van der Waals surface area contributed by atoms with E-state index in [2.05, 4.69) is 9.71 Å². The molecule has 1 saturated heterocycles. The van der Waals surface area contributed by atoms with E-state index in [9.17, 15) is 8.42 Å². The van der Waals surface area contributed by atoms with E-state index in [0.29, 0.717) is 25.7 Å². The molecule has 2 rings (SSSR count). The zero-order valence-corrected chi connectivity index (χ0v) is 12.5. The van der Waals surface area contributed by atoms with Crippen LogP contribution in [0.4, 0.5) is 0 Å². The topological polar surface area (TPSA) is 94.3 Å². The first-order valence-electron chi connectivity index (χ1n) is 6.33. The fourth-order valence-corrected chi connectivity index (χ4v) is 3.56. The maximum absolute atomic E-state index is 12.3. The van der Waals surface area contributed by atoms with Crippen molar-refractivity contribution in [1.29, 1.82) is 0 Å². The number of nitrogens with one attached hydrogen (secondary N) is 1. The molecule has 1 aromatic heterocycles. The Morgan fingerprint density at radius 2 is 2.20 bits per heavy atom. The number of pyridine rings is 1. The number of hydrogen-bond acceptors (Lipinski definition) is 5. The predicted molar refractivity (Wildman–Crippen MR) is 78.9 cm³/mol. The number of hydrogen-bond donors (Lipinski definition) is 2. The van der Waals surface area contributed by atoms with E-state index >= 15 is 0 Å². The smallest absolute Gasteiger partial charge is 0.242 e. The first-order valence-corrected chi connectivity index (χ1v) is 8.22. The summed E-state index contributed by atoms with van der Waals surface area (Å²) in [5.74, 6) is 0.295. The normalized spacial score (nSPS) is 17.0. The number of ether oxygens (including phenoxy) is 1. The predicted octanol–water partition coefficient (Wildman–Crippen LogP) is 0.421. The second-order valence-electron chi connectivity index (χ2n) is 4.62. The van der Waals surface area contributed by atoms with Gasteiger partial charge in [0.05, 0.1) is 0 Å². The summed E-state index contributed by atoms with van der Waals surface area (Å²) in [7, 11) is -3.66. The van der Waals surface area contributed by atoms with Gasteiger partial charge in [-0.15, -0.1) is 0 Å². The van der Waals surface area contributed by atoms with Crippen LogP contribution in [-0.2, 0) is 14.8 Å². The average molecular weight is 315 g/mol. The fourth-order valence-electron chi connectivity index (χ4n) is 2.05. The molecule has 2 heterocycles. The number of aromatic nitrogens is 1. The van der Waals surface area contributed by atoms with Crippen LogP contribution in [0.1, 0.15) is 18.5 Å². The van der Waals surface area contributed by atoms with Crippen LogP contribution in [0.25, 0.3) is 0 Å². The minimum Gasteiger partial charge on any atom is -0.388 e. The first-order chi connectivity index (χ1) is 9.50. The van der Waals surface area contributed by atoms with E-state index < -0.39 is 10.0 Å². The molecule has 20 heavy (non-hydrogen) atoms. The number of thiocarbonyl (C=S) groups is 1. The van der Waals surface area contributed by atoms with E-state index in [1.54, 1.807) is 6.07 Å². The number of nitrogens with two attached hydrogens (primary N) is 1. The van der Waals surface area contributed by atoms with Gasteiger partial charge in [0.25, 0.3) is 0 Å². The molecule has 110 valence electrons. The van der Waals surface area contributed by atoms with Gasteiger partial charge in [-0.1, -0.05) is 12.2 Å². The molecule has 0 atom stereocenters. The summed E-state index contributed by atoms with van der Waals surface area (Å²) in [5.41, 5.74) is 5.64. The SMILES string of the molecule is NC(=S)c1ncccc1S(=O)(=O)NCC1CCOCC1. The average Bonchev–Trinajstić information content (AvgIpc) is 2.46. The summed E-state index contributed by atoms with van der Waals surface area (Å²) < 4.78 is 32.5. The quantitative estimate of drug-likeness (QED) is 0.765. The van der Waals surface area contributed by atoms with Crippen molar-refractivity contribution in [2.75, 3.05) is 19.8 Å². The maximum atomic E-state index is 12.3. The molecule has 1 fully saturated rings. The highest BCUT2D eigenvalue weighted by Crippen LogP contribution is 2.16. The highest BCUT2D eigenvalue weighted by Gasteiger charge is 2.22. The molecule has 6 nitrogen and oxygen atoms in total. The fraction of sp³-hybridized carbons (Fsp3) is 0.500. The van der Waals surface area contributed by atoms with Crippen molar-refractivity contribution >= 4 is 27.2 Å². The zero-order valence-electron chi connectivity index (χ0n) is 10.9. The lowest BCUT2D eigenvalue weighted by Gasteiger charge is -2.22. The van der Waals surface area contributed by atoms with Gasteiger partial charge in [-0.25, -0.2) is 13.1 Å². The molecule has 0 aromatic carbocycles. The first kappa shape index (κ1) is 15.3. The molecule has 0 aliphatic carbocycles. The third kappa shape index (κ3) is 3.72.